The SMILES string of the molecule is COc1cccc(NC(=O)CNCCCn2ccnn2)c1. The molecule has 0 aliphatic carbocycles. The van der Waals surface area contributed by atoms with E-state index in [0.717, 1.165) is 25.2 Å². The lowest BCUT2D eigenvalue weighted by atomic mass is 10.3. The van der Waals surface area contributed by atoms with E-state index in [0.29, 0.717) is 5.75 Å². The van der Waals surface area contributed by atoms with Crippen LogP contribution in [0.3, 0.4) is 0 Å². The van der Waals surface area contributed by atoms with Crippen molar-refractivity contribution >= 4 is 11.6 Å². The van der Waals surface area contributed by atoms with Gasteiger partial charge in [-0.25, -0.2) is 0 Å². The molecule has 7 nitrogen and oxygen atoms in total. The Morgan fingerprint density at radius 2 is 2.33 bits per heavy atom. The fourth-order valence-corrected chi connectivity index (χ4v) is 1.83. The Balaban J connectivity index is 1.63. The number of carbonyl (C=O) groups is 1. The molecule has 1 aromatic carbocycles. The highest BCUT2D eigenvalue weighted by molar-refractivity contribution is 5.92. The Hall–Kier alpha value is -2.41. The molecule has 7 heteroatoms. The first kappa shape index (κ1) is 15.0. The van der Waals surface area contributed by atoms with Gasteiger partial charge < -0.3 is 15.4 Å². The molecule has 0 fully saturated rings. The van der Waals surface area contributed by atoms with Crippen LogP contribution in [0.5, 0.6) is 5.75 Å². The van der Waals surface area contributed by atoms with Crippen molar-refractivity contribution in [1.29, 1.82) is 0 Å². The van der Waals surface area contributed by atoms with Crippen molar-refractivity contribution in [1.82, 2.24) is 20.3 Å². The second-order valence-corrected chi connectivity index (χ2v) is 4.48. The Morgan fingerprint density at radius 1 is 1.43 bits per heavy atom. The Kier molecular flexibility index (Phi) is 5.71. The van der Waals surface area contributed by atoms with Crippen molar-refractivity contribution in [3.63, 3.8) is 0 Å². The van der Waals surface area contributed by atoms with Crippen molar-refractivity contribution in [2.24, 2.45) is 0 Å². The summed E-state index contributed by atoms with van der Waals surface area (Å²) < 4.78 is 6.87. The summed E-state index contributed by atoms with van der Waals surface area (Å²) in [7, 11) is 1.59. The van der Waals surface area contributed by atoms with Gasteiger partial charge in [-0.2, -0.15) is 0 Å². The van der Waals surface area contributed by atoms with Crippen LogP contribution in [0.15, 0.2) is 36.7 Å². The lowest BCUT2D eigenvalue weighted by Crippen LogP contribution is -2.29. The first-order valence-electron chi connectivity index (χ1n) is 6.76. The van der Waals surface area contributed by atoms with E-state index in [4.69, 9.17) is 4.74 Å². The van der Waals surface area contributed by atoms with Gasteiger partial charge in [0.15, 0.2) is 0 Å². The van der Waals surface area contributed by atoms with Crippen LogP contribution >= 0.6 is 0 Å². The van der Waals surface area contributed by atoms with Gasteiger partial charge >= 0.3 is 0 Å². The van der Waals surface area contributed by atoms with E-state index in [2.05, 4.69) is 20.9 Å². The number of anilines is 1. The van der Waals surface area contributed by atoms with Gasteiger partial charge in [0.05, 0.1) is 19.9 Å². The molecule has 0 saturated carbocycles. The summed E-state index contributed by atoms with van der Waals surface area (Å²) in [5, 5.41) is 13.5. The van der Waals surface area contributed by atoms with E-state index in [1.807, 2.05) is 24.4 Å². The largest absolute Gasteiger partial charge is 0.497 e. The number of carbonyl (C=O) groups excluding carboxylic acids is 1. The van der Waals surface area contributed by atoms with Crippen molar-refractivity contribution < 1.29 is 9.53 Å². The lowest BCUT2D eigenvalue weighted by Gasteiger charge is -2.08. The van der Waals surface area contributed by atoms with Crippen LogP contribution in [0.2, 0.25) is 0 Å². The first-order valence-corrected chi connectivity index (χ1v) is 6.76. The van der Waals surface area contributed by atoms with Gasteiger partial charge in [-0.05, 0) is 25.1 Å². The molecular weight excluding hydrogens is 270 g/mol. The molecule has 2 aromatic rings. The maximum Gasteiger partial charge on any atom is 0.238 e. The van der Waals surface area contributed by atoms with Gasteiger partial charge in [0.2, 0.25) is 5.91 Å². The van der Waals surface area contributed by atoms with Gasteiger partial charge in [-0.3, -0.25) is 9.48 Å². The molecule has 1 heterocycles. The number of ether oxygens (including phenoxy) is 1. The van der Waals surface area contributed by atoms with Crippen LogP contribution in [0.25, 0.3) is 0 Å². The normalized spacial score (nSPS) is 10.3. The smallest absolute Gasteiger partial charge is 0.238 e. The van der Waals surface area contributed by atoms with Crippen molar-refractivity contribution in [2.45, 2.75) is 13.0 Å². The number of hydrogen-bond donors (Lipinski definition) is 2. The fraction of sp³-hybridized carbons (Fsp3) is 0.357. The third-order valence-corrected chi connectivity index (χ3v) is 2.85. The molecule has 0 saturated heterocycles. The quantitative estimate of drug-likeness (QED) is 0.706. The molecule has 21 heavy (non-hydrogen) atoms. The standard InChI is InChI=1S/C14H19N5O2/c1-21-13-5-2-4-12(10-13)17-14(20)11-15-6-3-8-19-9-7-16-18-19/h2,4-5,7,9-10,15H,3,6,8,11H2,1H3,(H,17,20). The summed E-state index contributed by atoms with van der Waals surface area (Å²) in [5.74, 6) is 0.637. The highest BCUT2D eigenvalue weighted by Gasteiger charge is 2.02. The number of nitrogens with one attached hydrogen (secondary N) is 2. The van der Waals surface area contributed by atoms with E-state index in [1.54, 1.807) is 24.1 Å². The average Bonchev–Trinajstić information content (AvgIpc) is 3.00. The van der Waals surface area contributed by atoms with Crippen LogP contribution in [0.1, 0.15) is 6.42 Å². The minimum absolute atomic E-state index is 0.0796. The zero-order valence-electron chi connectivity index (χ0n) is 12.0. The number of amides is 1. The molecular formula is C14H19N5O2. The molecule has 0 aliphatic rings. The number of aromatic nitrogens is 3. The zero-order chi connectivity index (χ0) is 14.9. The molecule has 112 valence electrons. The number of rotatable bonds is 8. The summed E-state index contributed by atoms with van der Waals surface area (Å²) in [6, 6.07) is 7.27. The maximum atomic E-state index is 11.8. The van der Waals surface area contributed by atoms with Gasteiger partial charge in [0.25, 0.3) is 0 Å². The number of nitrogens with zero attached hydrogens (tertiary/aromatic N) is 3. The van der Waals surface area contributed by atoms with Gasteiger partial charge in [0.1, 0.15) is 5.75 Å². The van der Waals surface area contributed by atoms with Crippen LogP contribution in [-0.4, -0.2) is 41.1 Å². The average molecular weight is 289 g/mol. The molecule has 1 aromatic heterocycles. The molecule has 0 aliphatic heterocycles. The van der Waals surface area contributed by atoms with Gasteiger partial charge in [-0.1, -0.05) is 11.3 Å². The monoisotopic (exact) mass is 289 g/mol. The zero-order valence-corrected chi connectivity index (χ0v) is 12.0. The van der Waals surface area contributed by atoms with Crippen LogP contribution in [-0.2, 0) is 11.3 Å². The van der Waals surface area contributed by atoms with Crippen LogP contribution < -0.4 is 15.4 Å². The third-order valence-electron chi connectivity index (χ3n) is 2.85. The molecule has 0 bridgehead atoms. The van der Waals surface area contributed by atoms with Crippen molar-refractivity contribution in [3.8, 4) is 5.75 Å². The molecule has 0 radical (unpaired) electrons. The number of hydrogen-bond acceptors (Lipinski definition) is 5. The molecule has 2 rings (SSSR count). The van der Waals surface area contributed by atoms with E-state index >= 15 is 0 Å². The second-order valence-electron chi connectivity index (χ2n) is 4.48. The summed E-state index contributed by atoms with van der Waals surface area (Å²) in [4.78, 5) is 11.8. The van der Waals surface area contributed by atoms with E-state index in [1.165, 1.54) is 0 Å². The minimum Gasteiger partial charge on any atom is -0.497 e. The summed E-state index contributed by atoms with van der Waals surface area (Å²) >= 11 is 0. The third kappa shape index (κ3) is 5.23. The van der Waals surface area contributed by atoms with Crippen molar-refractivity contribution in [3.05, 3.63) is 36.7 Å². The predicted octanol–water partition coefficient (Wildman–Crippen LogP) is 0.905. The number of benzene rings is 1. The Morgan fingerprint density at radius 3 is 3.10 bits per heavy atom. The number of aryl methyl sites for hydroxylation is 1. The van der Waals surface area contributed by atoms with Crippen LogP contribution in [0.4, 0.5) is 5.69 Å². The minimum atomic E-state index is -0.0796. The first-order chi connectivity index (χ1) is 10.3. The number of methoxy groups -OCH3 is 1. The van der Waals surface area contributed by atoms with E-state index in [-0.39, 0.29) is 12.5 Å². The topological polar surface area (TPSA) is 81.1 Å². The van der Waals surface area contributed by atoms with Gasteiger partial charge in [0, 0.05) is 24.5 Å². The Labute approximate surface area is 123 Å². The fourth-order valence-electron chi connectivity index (χ4n) is 1.83. The maximum absolute atomic E-state index is 11.8. The van der Waals surface area contributed by atoms with Gasteiger partial charge in [-0.15, -0.1) is 5.10 Å². The summed E-state index contributed by atoms with van der Waals surface area (Å²) in [5.41, 5.74) is 0.726. The summed E-state index contributed by atoms with van der Waals surface area (Å²) in [6.45, 7) is 1.80. The summed E-state index contributed by atoms with van der Waals surface area (Å²) in [6.07, 6.45) is 4.35. The molecule has 0 spiro atoms. The van der Waals surface area contributed by atoms with E-state index in [9.17, 15) is 4.79 Å². The molecule has 1 amide bonds. The molecule has 0 unspecified atom stereocenters. The highest BCUT2D eigenvalue weighted by Crippen LogP contribution is 2.16. The highest BCUT2D eigenvalue weighted by atomic mass is 16.5. The molecule has 2 N–H and O–H groups in total. The molecule has 0 atom stereocenters. The van der Waals surface area contributed by atoms with E-state index < -0.39 is 0 Å². The van der Waals surface area contributed by atoms with Crippen molar-refractivity contribution in [2.75, 3.05) is 25.5 Å². The van der Waals surface area contributed by atoms with Crippen LogP contribution in [0, 0.1) is 0 Å². The lowest BCUT2D eigenvalue weighted by molar-refractivity contribution is -0.115. The Bertz CT molecular complexity index is 556. The second kappa shape index (κ2) is 8.01. The predicted molar refractivity (Wildman–Crippen MR) is 79.1 cm³/mol.